The molecule has 0 bridgehead atoms. The number of hydrogen-bond donors (Lipinski definition) is 0. The Bertz CT molecular complexity index is 692. The smallest absolute Gasteiger partial charge is 0.140 e. The fraction of sp³-hybridized carbons (Fsp3) is 0.471. The third-order valence-electron chi connectivity index (χ3n) is 4.91. The van der Waals surface area contributed by atoms with Crippen molar-refractivity contribution < 1.29 is 9.57 Å². The Hall–Kier alpha value is -1.48. The molecule has 1 aromatic carbocycles. The minimum Gasteiger partial charge on any atom is -0.482 e. The summed E-state index contributed by atoms with van der Waals surface area (Å²) in [5, 5.41) is 5.09. The molecule has 4 rings (SSSR count). The molecule has 1 fully saturated rings. The number of fused-ring (bicyclic) bond motifs is 4. The average Bonchev–Trinajstić information content (AvgIpc) is 2.72. The van der Waals surface area contributed by atoms with Crippen molar-refractivity contribution in [2.24, 2.45) is 11.1 Å². The molecule has 0 radical (unpaired) electrons. The summed E-state index contributed by atoms with van der Waals surface area (Å²) in [6.45, 7) is 6.35. The van der Waals surface area contributed by atoms with Gasteiger partial charge in [-0.15, -0.1) is 0 Å². The van der Waals surface area contributed by atoms with E-state index >= 15 is 0 Å². The molecular formula is C17H18ClNO2. The van der Waals surface area contributed by atoms with E-state index in [9.17, 15) is 0 Å². The van der Waals surface area contributed by atoms with Crippen LogP contribution in [0.2, 0.25) is 5.02 Å². The van der Waals surface area contributed by atoms with Gasteiger partial charge >= 0.3 is 0 Å². The first-order valence-corrected chi connectivity index (χ1v) is 7.74. The Labute approximate surface area is 129 Å². The molecule has 21 heavy (non-hydrogen) atoms. The molecule has 1 saturated carbocycles. The molecule has 0 aromatic heterocycles. The highest BCUT2D eigenvalue weighted by Gasteiger charge is 2.52. The van der Waals surface area contributed by atoms with Gasteiger partial charge in [-0.1, -0.05) is 16.8 Å². The predicted molar refractivity (Wildman–Crippen MR) is 83.8 cm³/mol. The first-order chi connectivity index (χ1) is 9.89. The zero-order valence-corrected chi connectivity index (χ0v) is 13.2. The number of benzene rings is 1. The molecule has 0 saturated heterocycles. The Kier molecular flexibility index (Phi) is 2.54. The molecule has 3 nitrogen and oxygen atoms in total. The van der Waals surface area contributed by atoms with E-state index in [4.69, 9.17) is 21.2 Å². The maximum atomic E-state index is 6.29. The topological polar surface area (TPSA) is 30.8 Å². The van der Waals surface area contributed by atoms with Gasteiger partial charge in [-0.3, -0.25) is 0 Å². The first-order valence-electron chi connectivity index (χ1n) is 7.36. The lowest BCUT2D eigenvalue weighted by Crippen LogP contribution is -2.48. The highest BCUT2D eigenvalue weighted by Crippen LogP contribution is 2.49. The molecule has 2 aliphatic heterocycles. The van der Waals surface area contributed by atoms with Crippen LogP contribution in [-0.4, -0.2) is 16.9 Å². The summed E-state index contributed by atoms with van der Waals surface area (Å²) in [4.78, 5) is 5.66. The van der Waals surface area contributed by atoms with E-state index in [1.165, 1.54) is 0 Å². The second kappa shape index (κ2) is 4.04. The van der Waals surface area contributed by atoms with Crippen molar-refractivity contribution in [2.75, 3.05) is 0 Å². The lowest BCUT2D eigenvalue weighted by Gasteiger charge is -2.43. The molecule has 1 aliphatic carbocycles. The van der Waals surface area contributed by atoms with Crippen LogP contribution in [0, 0.1) is 5.92 Å². The second-order valence-corrected chi connectivity index (χ2v) is 7.27. The van der Waals surface area contributed by atoms with Crippen LogP contribution in [0.3, 0.4) is 0 Å². The van der Waals surface area contributed by atoms with Gasteiger partial charge in [-0.25, -0.2) is 0 Å². The molecule has 2 heterocycles. The Morgan fingerprint density at radius 2 is 2.10 bits per heavy atom. The summed E-state index contributed by atoms with van der Waals surface area (Å²) in [6, 6.07) is 5.75. The fourth-order valence-corrected chi connectivity index (χ4v) is 3.81. The lowest BCUT2D eigenvalue weighted by molar-refractivity contribution is -0.0208. The molecule has 0 N–H and O–H groups in total. The van der Waals surface area contributed by atoms with Crippen LogP contribution in [-0.2, 0) is 4.84 Å². The molecule has 0 spiro atoms. The van der Waals surface area contributed by atoms with Crippen molar-refractivity contribution in [2.45, 2.75) is 44.8 Å². The van der Waals surface area contributed by atoms with E-state index in [0.29, 0.717) is 5.92 Å². The van der Waals surface area contributed by atoms with Crippen LogP contribution in [0.1, 0.15) is 39.2 Å². The largest absolute Gasteiger partial charge is 0.482 e. The predicted octanol–water partition coefficient (Wildman–Crippen LogP) is 4.45. The quantitative estimate of drug-likeness (QED) is 0.709. The van der Waals surface area contributed by atoms with Crippen LogP contribution in [0.15, 0.2) is 28.9 Å². The standard InChI is InChI=1S/C17H18ClNO2/c1-16(2)12-6-7-17(3)13(15(12)19-21-16)9-10-8-11(18)4-5-14(10)20-17/h4-5,8-9,12H,6-7H2,1-3H3/t12?,17-/m0/s1. The molecular weight excluding hydrogens is 286 g/mol. The zero-order chi connectivity index (χ0) is 14.8. The number of nitrogens with zero attached hydrogens (tertiary/aromatic N) is 1. The zero-order valence-electron chi connectivity index (χ0n) is 12.4. The van der Waals surface area contributed by atoms with Crippen LogP contribution >= 0.6 is 11.6 Å². The van der Waals surface area contributed by atoms with E-state index in [1.54, 1.807) is 0 Å². The first kappa shape index (κ1) is 13.2. The monoisotopic (exact) mass is 303 g/mol. The van der Waals surface area contributed by atoms with Crippen molar-refractivity contribution in [3.05, 3.63) is 34.4 Å². The fourth-order valence-electron chi connectivity index (χ4n) is 3.63. The van der Waals surface area contributed by atoms with Crippen molar-refractivity contribution in [1.29, 1.82) is 0 Å². The van der Waals surface area contributed by atoms with Crippen LogP contribution in [0.25, 0.3) is 6.08 Å². The lowest BCUT2D eigenvalue weighted by atomic mass is 9.68. The van der Waals surface area contributed by atoms with Gasteiger partial charge in [-0.2, -0.15) is 0 Å². The van der Waals surface area contributed by atoms with Gasteiger partial charge in [0.05, 0.1) is 5.71 Å². The van der Waals surface area contributed by atoms with Gasteiger partial charge in [0, 0.05) is 22.1 Å². The Balaban J connectivity index is 1.85. The molecule has 110 valence electrons. The second-order valence-electron chi connectivity index (χ2n) is 6.84. The SMILES string of the molecule is CC1(C)ON=C2C3=Cc4cc(Cl)ccc4O[C@@]3(C)CCC21. The number of oxime groups is 1. The number of hydrogen-bond acceptors (Lipinski definition) is 3. The van der Waals surface area contributed by atoms with Gasteiger partial charge in [0.25, 0.3) is 0 Å². The minimum absolute atomic E-state index is 0.230. The van der Waals surface area contributed by atoms with Crippen LogP contribution < -0.4 is 4.74 Å². The third-order valence-corrected chi connectivity index (χ3v) is 5.15. The minimum atomic E-state index is -0.320. The van der Waals surface area contributed by atoms with Crippen LogP contribution in [0.4, 0.5) is 0 Å². The van der Waals surface area contributed by atoms with Crippen molar-refractivity contribution in [1.82, 2.24) is 0 Å². The van der Waals surface area contributed by atoms with Crippen molar-refractivity contribution in [3.8, 4) is 5.75 Å². The third kappa shape index (κ3) is 1.83. The summed E-state index contributed by atoms with van der Waals surface area (Å²) < 4.78 is 6.29. The van der Waals surface area contributed by atoms with Gasteiger partial charge in [0.2, 0.25) is 0 Å². The number of rotatable bonds is 0. The van der Waals surface area contributed by atoms with Crippen molar-refractivity contribution >= 4 is 23.4 Å². The Morgan fingerprint density at radius 1 is 1.29 bits per heavy atom. The van der Waals surface area contributed by atoms with Gasteiger partial charge < -0.3 is 9.57 Å². The van der Waals surface area contributed by atoms with E-state index in [0.717, 1.165) is 40.5 Å². The molecule has 1 aromatic rings. The van der Waals surface area contributed by atoms with Crippen molar-refractivity contribution in [3.63, 3.8) is 0 Å². The number of halogens is 1. The summed E-state index contributed by atoms with van der Waals surface area (Å²) in [5.74, 6) is 1.23. The summed E-state index contributed by atoms with van der Waals surface area (Å²) in [7, 11) is 0. The maximum Gasteiger partial charge on any atom is 0.140 e. The molecule has 0 amide bonds. The highest BCUT2D eigenvalue weighted by atomic mass is 35.5. The number of ether oxygens (including phenoxy) is 1. The maximum absolute atomic E-state index is 6.29. The molecule has 4 heteroatoms. The summed E-state index contributed by atoms with van der Waals surface area (Å²) in [5.41, 5.74) is 2.65. The van der Waals surface area contributed by atoms with Crippen LogP contribution in [0.5, 0.6) is 5.75 Å². The summed E-state index contributed by atoms with van der Waals surface area (Å²) >= 11 is 6.10. The van der Waals surface area contributed by atoms with E-state index in [2.05, 4.69) is 32.0 Å². The van der Waals surface area contributed by atoms with Gasteiger partial charge in [0.15, 0.2) is 0 Å². The van der Waals surface area contributed by atoms with Gasteiger partial charge in [-0.05, 0) is 57.9 Å². The highest BCUT2D eigenvalue weighted by molar-refractivity contribution is 6.30. The normalized spacial score (nSPS) is 31.9. The summed E-state index contributed by atoms with van der Waals surface area (Å²) in [6.07, 6.45) is 4.17. The van der Waals surface area contributed by atoms with E-state index in [-0.39, 0.29) is 11.2 Å². The molecule has 2 atom stereocenters. The molecule has 3 aliphatic rings. The molecule has 1 unspecified atom stereocenters. The Morgan fingerprint density at radius 3 is 2.90 bits per heavy atom. The van der Waals surface area contributed by atoms with E-state index in [1.807, 2.05) is 18.2 Å². The average molecular weight is 304 g/mol. The van der Waals surface area contributed by atoms with E-state index < -0.39 is 0 Å². The van der Waals surface area contributed by atoms with Gasteiger partial charge in [0.1, 0.15) is 17.0 Å².